The lowest BCUT2D eigenvalue weighted by Gasteiger charge is -2.27. The molecule has 1 saturated heterocycles. The van der Waals surface area contributed by atoms with Crippen LogP contribution in [0.3, 0.4) is 0 Å². The summed E-state index contributed by atoms with van der Waals surface area (Å²) in [7, 11) is 0. The largest absolute Gasteiger partial charge is 0.335 e. The molecule has 1 fully saturated rings. The number of aryl methyl sites for hydroxylation is 2. The summed E-state index contributed by atoms with van der Waals surface area (Å²) < 4.78 is 6.16. The maximum Gasteiger partial charge on any atom is 0.267 e. The number of benzene rings is 1. The van der Waals surface area contributed by atoms with E-state index in [1.54, 1.807) is 0 Å². The van der Waals surface area contributed by atoms with Gasteiger partial charge in [0.1, 0.15) is 10.7 Å². The van der Waals surface area contributed by atoms with E-state index in [-0.39, 0.29) is 11.9 Å². The summed E-state index contributed by atoms with van der Waals surface area (Å²) in [6, 6.07) is 10.4. The summed E-state index contributed by atoms with van der Waals surface area (Å²) >= 11 is 1.18. The molecule has 0 unspecified atom stereocenters. The van der Waals surface area contributed by atoms with Crippen LogP contribution >= 0.6 is 11.5 Å². The zero-order valence-electron chi connectivity index (χ0n) is 14.4. The molecule has 2 aliphatic rings. The molecule has 5 rings (SSSR count). The lowest BCUT2D eigenvalue weighted by Crippen LogP contribution is -2.29. The third-order valence-corrected chi connectivity index (χ3v) is 6.22. The van der Waals surface area contributed by atoms with Crippen LogP contribution in [0.1, 0.15) is 33.7 Å². The predicted octanol–water partition coefficient (Wildman–Crippen LogP) is 2.36. The van der Waals surface area contributed by atoms with Gasteiger partial charge in [0.15, 0.2) is 5.82 Å². The Kier molecular flexibility index (Phi) is 3.59. The van der Waals surface area contributed by atoms with Crippen LogP contribution in [0.2, 0.25) is 0 Å². The lowest BCUT2D eigenvalue weighted by molar-refractivity contribution is 0.0788. The summed E-state index contributed by atoms with van der Waals surface area (Å²) in [6.07, 6.45) is 1.95. The molecular formula is C18H18N6OS. The molecular weight excluding hydrogens is 348 g/mol. The molecule has 1 aromatic carbocycles. The second kappa shape index (κ2) is 5.98. The number of hydrogen-bond donors (Lipinski definition) is 0. The van der Waals surface area contributed by atoms with Crippen LogP contribution in [0.15, 0.2) is 30.3 Å². The van der Waals surface area contributed by atoms with E-state index in [2.05, 4.69) is 36.5 Å². The zero-order chi connectivity index (χ0) is 17.7. The van der Waals surface area contributed by atoms with Gasteiger partial charge in [-0.15, -0.1) is 15.3 Å². The molecule has 0 saturated carbocycles. The van der Waals surface area contributed by atoms with E-state index >= 15 is 0 Å². The highest BCUT2D eigenvalue weighted by atomic mass is 32.1. The smallest absolute Gasteiger partial charge is 0.267 e. The Balaban J connectivity index is 1.48. The van der Waals surface area contributed by atoms with E-state index in [1.807, 2.05) is 30.0 Å². The summed E-state index contributed by atoms with van der Waals surface area (Å²) in [5.41, 5.74) is 1.78. The Bertz CT molecular complexity index is 965. The maximum atomic E-state index is 12.9. The van der Waals surface area contributed by atoms with Crippen molar-refractivity contribution in [1.82, 2.24) is 29.3 Å². The van der Waals surface area contributed by atoms with E-state index in [4.69, 9.17) is 0 Å². The van der Waals surface area contributed by atoms with E-state index < -0.39 is 0 Å². The maximum absolute atomic E-state index is 12.9. The second-order valence-corrected chi connectivity index (χ2v) is 7.69. The summed E-state index contributed by atoms with van der Waals surface area (Å²) in [6.45, 7) is 3.30. The number of aromatic nitrogens is 5. The Morgan fingerprint density at radius 3 is 2.77 bits per heavy atom. The SMILES string of the molecule is Cc1nnsc1C(=O)N1C[C@H]2CCc3nnc(-c4ccccc4)n3[C@H]2C1. The molecule has 0 spiro atoms. The highest BCUT2D eigenvalue weighted by molar-refractivity contribution is 7.07. The van der Waals surface area contributed by atoms with E-state index in [0.29, 0.717) is 23.0 Å². The van der Waals surface area contributed by atoms with Crippen molar-refractivity contribution in [3.8, 4) is 11.4 Å². The summed E-state index contributed by atoms with van der Waals surface area (Å²) in [4.78, 5) is 15.5. The van der Waals surface area contributed by atoms with Crippen molar-refractivity contribution in [2.75, 3.05) is 13.1 Å². The first kappa shape index (κ1) is 15.6. The van der Waals surface area contributed by atoms with Crippen LogP contribution in [0, 0.1) is 12.8 Å². The van der Waals surface area contributed by atoms with Gasteiger partial charge in [-0.2, -0.15) is 0 Å². The van der Waals surface area contributed by atoms with Gasteiger partial charge >= 0.3 is 0 Å². The van der Waals surface area contributed by atoms with Gasteiger partial charge in [-0.25, -0.2) is 0 Å². The summed E-state index contributed by atoms with van der Waals surface area (Å²) in [5.74, 6) is 2.41. The monoisotopic (exact) mass is 366 g/mol. The minimum atomic E-state index is 0.0442. The first-order valence-electron chi connectivity index (χ1n) is 8.80. The fourth-order valence-corrected chi connectivity index (χ4v) is 4.73. The van der Waals surface area contributed by atoms with Crippen molar-refractivity contribution in [3.05, 3.63) is 46.7 Å². The molecule has 0 aliphatic carbocycles. The van der Waals surface area contributed by atoms with Crippen LogP contribution in [0.4, 0.5) is 0 Å². The molecule has 4 heterocycles. The Hall–Kier alpha value is -2.61. The number of hydrogen-bond acceptors (Lipinski definition) is 6. The molecule has 0 bridgehead atoms. The number of nitrogens with zero attached hydrogens (tertiary/aromatic N) is 6. The highest BCUT2D eigenvalue weighted by Gasteiger charge is 2.42. The lowest BCUT2D eigenvalue weighted by atomic mass is 9.93. The normalized spacial score (nSPS) is 21.5. The molecule has 2 atom stereocenters. The minimum Gasteiger partial charge on any atom is -0.335 e. The molecule has 0 radical (unpaired) electrons. The van der Waals surface area contributed by atoms with Crippen molar-refractivity contribution in [3.63, 3.8) is 0 Å². The number of rotatable bonds is 2. The molecule has 1 amide bonds. The van der Waals surface area contributed by atoms with Gasteiger partial charge in [0, 0.05) is 25.1 Å². The van der Waals surface area contributed by atoms with Gasteiger partial charge in [-0.05, 0) is 30.8 Å². The fraction of sp³-hybridized carbons (Fsp3) is 0.389. The third-order valence-electron chi connectivity index (χ3n) is 5.41. The van der Waals surface area contributed by atoms with Crippen molar-refractivity contribution in [1.29, 1.82) is 0 Å². The average molecular weight is 366 g/mol. The molecule has 7 nitrogen and oxygen atoms in total. The molecule has 2 aromatic heterocycles. The van der Waals surface area contributed by atoms with E-state index in [9.17, 15) is 4.79 Å². The number of carbonyl (C=O) groups is 1. The Morgan fingerprint density at radius 2 is 2.00 bits per heavy atom. The fourth-order valence-electron chi connectivity index (χ4n) is 4.11. The van der Waals surface area contributed by atoms with Gasteiger partial charge in [0.05, 0.1) is 11.7 Å². The minimum absolute atomic E-state index is 0.0442. The number of likely N-dealkylation sites (tertiary alicyclic amines) is 1. The standard InChI is InChI=1S/C18H18N6OS/c1-11-16(26-22-19-11)18(25)23-9-13-7-8-15-20-21-17(24(15)14(13)10-23)12-5-3-2-4-6-12/h2-6,13-14H,7-10H2,1H3/t13-,14+/m1/s1. The van der Waals surface area contributed by atoms with Gasteiger partial charge in [0.25, 0.3) is 5.91 Å². The van der Waals surface area contributed by atoms with Crippen molar-refractivity contribution in [2.24, 2.45) is 5.92 Å². The topological polar surface area (TPSA) is 76.8 Å². The Labute approximate surface area is 154 Å². The van der Waals surface area contributed by atoms with Crippen molar-refractivity contribution < 1.29 is 4.79 Å². The predicted molar refractivity (Wildman–Crippen MR) is 96.9 cm³/mol. The number of carbonyl (C=O) groups excluding carboxylic acids is 1. The molecule has 8 heteroatoms. The van der Waals surface area contributed by atoms with Crippen molar-refractivity contribution in [2.45, 2.75) is 25.8 Å². The molecule has 26 heavy (non-hydrogen) atoms. The van der Waals surface area contributed by atoms with Crippen LogP contribution in [0.5, 0.6) is 0 Å². The van der Waals surface area contributed by atoms with Gasteiger partial charge in [0.2, 0.25) is 0 Å². The quantitative estimate of drug-likeness (QED) is 0.696. The van der Waals surface area contributed by atoms with E-state index in [1.165, 1.54) is 11.5 Å². The third kappa shape index (κ3) is 2.36. The highest BCUT2D eigenvalue weighted by Crippen LogP contribution is 2.39. The molecule has 2 aliphatic heterocycles. The van der Waals surface area contributed by atoms with E-state index in [0.717, 1.165) is 36.6 Å². The van der Waals surface area contributed by atoms with Crippen LogP contribution < -0.4 is 0 Å². The van der Waals surface area contributed by atoms with Gasteiger partial charge in [-0.3, -0.25) is 4.79 Å². The molecule has 132 valence electrons. The molecule has 3 aromatic rings. The summed E-state index contributed by atoms with van der Waals surface area (Å²) in [5, 5.41) is 12.9. The molecule has 0 N–H and O–H groups in total. The number of amides is 1. The number of fused-ring (bicyclic) bond motifs is 3. The Morgan fingerprint density at radius 1 is 1.15 bits per heavy atom. The van der Waals surface area contributed by atoms with Gasteiger partial charge < -0.3 is 9.47 Å². The van der Waals surface area contributed by atoms with Crippen molar-refractivity contribution >= 4 is 17.4 Å². The van der Waals surface area contributed by atoms with Crippen LogP contribution in [-0.2, 0) is 6.42 Å². The van der Waals surface area contributed by atoms with Crippen LogP contribution in [0.25, 0.3) is 11.4 Å². The zero-order valence-corrected chi connectivity index (χ0v) is 15.2. The van der Waals surface area contributed by atoms with Crippen LogP contribution in [-0.4, -0.2) is 48.2 Å². The second-order valence-electron chi connectivity index (χ2n) is 6.94. The van der Waals surface area contributed by atoms with Gasteiger partial charge in [-0.1, -0.05) is 34.8 Å². The first-order valence-corrected chi connectivity index (χ1v) is 9.57. The first-order chi connectivity index (χ1) is 12.7. The average Bonchev–Trinajstić information content (AvgIpc) is 3.38.